The van der Waals surface area contributed by atoms with Crippen LogP contribution >= 0.6 is 0 Å². The summed E-state index contributed by atoms with van der Waals surface area (Å²) in [5.74, 6) is 0. The highest BCUT2D eigenvalue weighted by Gasteiger charge is 2.22. The molecule has 1 atom stereocenters. The van der Waals surface area contributed by atoms with Crippen LogP contribution in [-0.4, -0.2) is 62.2 Å². The van der Waals surface area contributed by atoms with Gasteiger partial charge < -0.3 is 15.1 Å². The highest BCUT2D eigenvalue weighted by Crippen LogP contribution is 2.18. The predicted octanol–water partition coefficient (Wildman–Crippen LogP) is 1.54. The molecule has 0 amide bonds. The fourth-order valence-corrected chi connectivity index (χ4v) is 2.76. The van der Waals surface area contributed by atoms with Crippen molar-refractivity contribution < 1.29 is 0 Å². The topological polar surface area (TPSA) is 18.5 Å². The Morgan fingerprint density at radius 3 is 2.71 bits per heavy atom. The van der Waals surface area contributed by atoms with Gasteiger partial charge in [0.25, 0.3) is 0 Å². The Kier molecular flexibility index (Phi) is 5.26. The molecule has 1 saturated heterocycles. The number of nitrogens with zero attached hydrogens (tertiary/aromatic N) is 2. The lowest BCUT2D eigenvalue weighted by Gasteiger charge is -2.25. The van der Waals surface area contributed by atoms with E-state index in [9.17, 15) is 0 Å². The molecule has 1 aliphatic carbocycles. The lowest BCUT2D eigenvalue weighted by Crippen LogP contribution is -2.37. The van der Waals surface area contributed by atoms with Crippen molar-refractivity contribution in [2.45, 2.75) is 50.6 Å². The largest absolute Gasteiger partial charge is 0.314 e. The van der Waals surface area contributed by atoms with Crippen LogP contribution in [0.15, 0.2) is 0 Å². The average molecular weight is 239 g/mol. The number of unbranched alkanes of at least 4 members (excludes halogenated alkanes) is 1. The first-order valence-corrected chi connectivity index (χ1v) is 7.38. The maximum atomic E-state index is 3.58. The van der Waals surface area contributed by atoms with Gasteiger partial charge in [0.1, 0.15) is 0 Å². The van der Waals surface area contributed by atoms with E-state index >= 15 is 0 Å². The molecule has 0 bridgehead atoms. The second-order valence-corrected chi connectivity index (χ2v) is 5.97. The number of rotatable bonds is 8. The van der Waals surface area contributed by atoms with E-state index in [0.29, 0.717) is 0 Å². The summed E-state index contributed by atoms with van der Waals surface area (Å²) in [6.45, 7) is 5.04. The van der Waals surface area contributed by atoms with Gasteiger partial charge in [0, 0.05) is 18.6 Å². The van der Waals surface area contributed by atoms with Crippen LogP contribution in [0.4, 0.5) is 0 Å². The van der Waals surface area contributed by atoms with Crippen molar-refractivity contribution in [3.8, 4) is 0 Å². The Morgan fingerprint density at radius 2 is 2.06 bits per heavy atom. The summed E-state index contributed by atoms with van der Waals surface area (Å²) in [4.78, 5) is 5.04. The van der Waals surface area contributed by atoms with Crippen molar-refractivity contribution in [3.05, 3.63) is 0 Å². The zero-order valence-electron chi connectivity index (χ0n) is 11.6. The van der Waals surface area contributed by atoms with E-state index in [-0.39, 0.29) is 0 Å². The zero-order chi connectivity index (χ0) is 12.1. The molecule has 1 heterocycles. The fourth-order valence-electron chi connectivity index (χ4n) is 2.76. The monoisotopic (exact) mass is 239 g/mol. The Bertz CT molecular complexity index is 216. The number of hydrogen-bond acceptors (Lipinski definition) is 3. The molecule has 0 radical (unpaired) electrons. The minimum absolute atomic E-state index is 0.810. The molecule has 1 saturated carbocycles. The molecule has 0 aromatic heterocycles. The van der Waals surface area contributed by atoms with E-state index in [1.165, 1.54) is 64.7 Å². The van der Waals surface area contributed by atoms with Crippen molar-refractivity contribution >= 4 is 0 Å². The molecular formula is C14H29N3. The lowest BCUT2D eigenvalue weighted by atomic mass is 10.2. The van der Waals surface area contributed by atoms with Crippen molar-refractivity contribution in [1.82, 2.24) is 15.1 Å². The van der Waals surface area contributed by atoms with Crippen LogP contribution in [0.3, 0.4) is 0 Å². The second kappa shape index (κ2) is 6.72. The molecule has 2 fully saturated rings. The number of nitrogens with one attached hydrogen (secondary N) is 1. The molecule has 1 N–H and O–H groups in total. The molecule has 2 aliphatic rings. The van der Waals surface area contributed by atoms with Gasteiger partial charge in [-0.3, -0.25) is 0 Å². The van der Waals surface area contributed by atoms with E-state index in [4.69, 9.17) is 0 Å². The zero-order valence-corrected chi connectivity index (χ0v) is 11.6. The van der Waals surface area contributed by atoms with Gasteiger partial charge in [0.2, 0.25) is 0 Å². The maximum Gasteiger partial charge on any atom is 0.0220 e. The number of likely N-dealkylation sites (N-methyl/N-ethyl adjacent to an activating group) is 2. The van der Waals surface area contributed by atoms with Gasteiger partial charge in [0.15, 0.2) is 0 Å². The van der Waals surface area contributed by atoms with E-state index in [0.717, 1.165) is 12.1 Å². The molecule has 1 unspecified atom stereocenters. The smallest absolute Gasteiger partial charge is 0.0220 e. The average Bonchev–Trinajstić information content (AvgIpc) is 3.04. The van der Waals surface area contributed by atoms with Crippen LogP contribution < -0.4 is 5.32 Å². The Hall–Kier alpha value is -0.120. The molecule has 0 aromatic rings. The first kappa shape index (κ1) is 13.3. The normalized spacial score (nSPS) is 25.9. The summed E-state index contributed by atoms with van der Waals surface area (Å²) in [7, 11) is 4.55. The van der Waals surface area contributed by atoms with Crippen molar-refractivity contribution in [1.29, 1.82) is 0 Å². The third-order valence-corrected chi connectivity index (χ3v) is 4.17. The van der Waals surface area contributed by atoms with Crippen LogP contribution in [0.25, 0.3) is 0 Å². The standard InChI is InChI=1S/C14H29N3/c1-16(12-14-6-5-11-17(14)2)10-4-3-9-15-13-7-8-13/h13-15H,3-12H2,1-2H3. The molecule has 3 heteroatoms. The van der Waals surface area contributed by atoms with Gasteiger partial charge in [0.05, 0.1) is 0 Å². The molecule has 0 aromatic carbocycles. The van der Waals surface area contributed by atoms with Gasteiger partial charge in [-0.05, 0) is 72.3 Å². The van der Waals surface area contributed by atoms with Gasteiger partial charge >= 0.3 is 0 Å². The Morgan fingerprint density at radius 1 is 1.24 bits per heavy atom. The van der Waals surface area contributed by atoms with Gasteiger partial charge in [-0.2, -0.15) is 0 Å². The van der Waals surface area contributed by atoms with Gasteiger partial charge in [-0.15, -0.1) is 0 Å². The maximum absolute atomic E-state index is 3.58. The quantitative estimate of drug-likeness (QED) is 0.648. The van der Waals surface area contributed by atoms with Crippen LogP contribution in [0, 0.1) is 0 Å². The summed E-state index contributed by atoms with van der Waals surface area (Å²) in [6.07, 6.45) is 8.28. The molecule has 100 valence electrons. The first-order valence-electron chi connectivity index (χ1n) is 7.38. The predicted molar refractivity (Wildman–Crippen MR) is 73.4 cm³/mol. The molecule has 2 rings (SSSR count). The van der Waals surface area contributed by atoms with Crippen molar-refractivity contribution in [2.75, 3.05) is 40.3 Å². The Balaban J connectivity index is 1.46. The Labute approximate surface area is 107 Å². The number of hydrogen-bond donors (Lipinski definition) is 1. The van der Waals surface area contributed by atoms with E-state index in [1.807, 2.05) is 0 Å². The minimum Gasteiger partial charge on any atom is -0.314 e. The summed E-state index contributed by atoms with van der Waals surface area (Å²) < 4.78 is 0. The molecule has 1 aliphatic heterocycles. The highest BCUT2D eigenvalue weighted by molar-refractivity contribution is 4.81. The fraction of sp³-hybridized carbons (Fsp3) is 1.00. The minimum atomic E-state index is 0.810. The van der Waals surface area contributed by atoms with E-state index in [2.05, 4.69) is 29.2 Å². The van der Waals surface area contributed by atoms with Gasteiger partial charge in [-0.25, -0.2) is 0 Å². The lowest BCUT2D eigenvalue weighted by molar-refractivity contribution is 0.218. The SMILES string of the molecule is CN(CCCCNC1CC1)CC1CCCN1C. The second-order valence-electron chi connectivity index (χ2n) is 5.97. The summed E-state index contributed by atoms with van der Waals surface area (Å²) in [5.41, 5.74) is 0. The van der Waals surface area contributed by atoms with Crippen LogP contribution in [0.5, 0.6) is 0 Å². The van der Waals surface area contributed by atoms with Crippen molar-refractivity contribution in [3.63, 3.8) is 0 Å². The molecule has 3 nitrogen and oxygen atoms in total. The summed E-state index contributed by atoms with van der Waals surface area (Å²) in [6, 6.07) is 1.68. The van der Waals surface area contributed by atoms with Gasteiger partial charge in [-0.1, -0.05) is 0 Å². The first-order chi connectivity index (χ1) is 8.25. The molecular weight excluding hydrogens is 210 g/mol. The molecule has 17 heavy (non-hydrogen) atoms. The van der Waals surface area contributed by atoms with E-state index < -0.39 is 0 Å². The van der Waals surface area contributed by atoms with Crippen LogP contribution in [0.2, 0.25) is 0 Å². The summed E-state index contributed by atoms with van der Waals surface area (Å²) in [5, 5.41) is 3.58. The summed E-state index contributed by atoms with van der Waals surface area (Å²) >= 11 is 0. The van der Waals surface area contributed by atoms with Crippen LogP contribution in [-0.2, 0) is 0 Å². The van der Waals surface area contributed by atoms with Crippen molar-refractivity contribution in [2.24, 2.45) is 0 Å². The van der Waals surface area contributed by atoms with Crippen LogP contribution in [0.1, 0.15) is 38.5 Å². The molecule has 0 spiro atoms. The number of likely N-dealkylation sites (tertiary alicyclic amines) is 1. The third-order valence-electron chi connectivity index (χ3n) is 4.17. The third kappa shape index (κ3) is 4.94. The van der Waals surface area contributed by atoms with E-state index in [1.54, 1.807) is 0 Å². The highest BCUT2D eigenvalue weighted by atomic mass is 15.2.